The molecule has 0 heterocycles. The van der Waals surface area contributed by atoms with E-state index in [2.05, 4.69) is 10.6 Å². The van der Waals surface area contributed by atoms with Crippen LogP contribution in [0.4, 0.5) is 21.0 Å². The average molecular weight is 342 g/mol. The first-order chi connectivity index (χ1) is 10.4. The third-order valence-electron chi connectivity index (χ3n) is 2.17. The van der Waals surface area contributed by atoms with Crippen LogP contribution in [-0.2, 0) is 9.59 Å². The molecule has 0 fully saturated rings. The molecule has 1 aromatic rings. The first-order valence-electron chi connectivity index (χ1n) is 5.91. The lowest BCUT2D eigenvalue weighted by molar-refractivity contribution is -0.114. The summed E-state index contributed by atoms with van der Waals surface area (Å²) < 4.78 is 0. The lowest BCUT2D eigenvalue weighted by atomic mass is 10.2. The highest BCUT2D eigenvalue weighted by Gasteiger charge is 2.11. The second kappa shape index (κ2) is 8.95. The molecule has 118 valence electrons. The van der Waals surface area contributed by atoms with E-state index in [9.17, 15) is 19.2 Å². The van der Waals surface area contributed by atoms with Gasteiger partial charge < -0.3 is 22.1 Å². The van der Waals surface area contributed by atoms with Crippen LogP contribution < -0.4 is 22.1 Å². The van der Waals surface area contributed by atoms with Crippen LogP contribution in [0.25, 0.3) is 0 Å². The molecular weight excluding hydrogens is 328 g/mol. The number of benzene rings is 1. The number of amides is 4. The third kappa shape index (κ3) is 6.99. The van der Waals surface area contributed by atoms with Gasteiger partial charge in [0.25, 0.3) is 10.5 Å². The van der Waals surface area contributed by atoms with Gasteiger partial charge in [-0.15, -0.1) is 0 Å². The van der Waals surface area contributed by atoms with Gasteiger partial charge in [-0.25, -0.2) is 0 Å². The molecule has 0 unspecified atom stereocenters. The molecule has 0 atom stereocenters. The highest BCUT2D eigenvalue weighted by Crippen LogP contribution is 2.21. The van der Waals surface area contributed by atoms with E-state index in [0.29, 0.717) is 34.9 Å². The second-order valence-corrected chi connectivity index (χ2v) is 5.82. The molecule has 8 nitrogen and oxygen atoms in total. The molecule has 0 saturated heterocycles. The van der Waals surface area contributed by atoms with E-state index in [4.69, 9.17) is 11.5 Å². The van der Waals surface area contributed by atoms with Crippen molar-refractivity contribution < 1.29 is 19.2 Å². The van der Waals surface area contributed by atoms with Gasteiger partial charge >= 0.3 is 0 Å². The molecule has 10 heteroatoms. The fourth-order valence-electron chi connectivity index (χ4n) is 1.35. The molecule has 4 amide bonds. The zero-order valence-corrected chi connectivity index (χ0v) is 13.0. The number of hydrogen-bond acceptors (Lipinski definition) is 6. The summed E-state index contributed by atoms with van der Waals surface area (Å²) in [6.07, 6.45) is 0. The first-order valence-corrected chi connectivity index (χ1v) is 7.89. The van der Waals surface area contributed by atoms with E-state index in [1.54, 1.807) is 24.3 Å². The Kier molecular flexibility index (Phi) is 7.26. The number of hydrogen-bond donors (Lipinski definition) is 4. The van der Waals surface area contributed by atoms with Crippen molar-refractivity contribution in [1.82, 2.24) is 0 Å². The molecular formula is C12H14N4O4S2. The molecule has 1 rings (SSSR count). The summed E-state index contributed by atoms with van der Waals surface area (Å²) in [5.74, 6) is -1.13. The summed E-state index contributed by atoms with van der Waals surface area (Å²) in [7, 11) is 0. The lowest BCUT2D eigenvalue weighted by Gasteiger charge is -2.11. The van der Waals surface area contributed by atoms with Gasteiger partial charge in [-0.2, -0.15) is 0 Å². The summed E-state index contributed by atoms with van der Waals surface area (Å²) in [6.45, 7) is 0. The average Bonchev–Trinajstić information content (AvgIpc) is 2.45. The topological polar surface area (TPSA) is 144 Å². The predicted molar refractivity (Wildman–Crippen MR) is 87.8 cm³/mol. The van der Waals surface area contributed by atoms with Gasteiger partial charge in [0.1, 0.15) is 0 Å². The Balaban J connectivity index is 2.65. The number of anilines is 2. The summed E-state index contributed by atoms with van der Waals surface area (Å²) >= 11 is 1.35. The van der Waals surface area contributed by atoms with Crippen LogP contribution in [0.15, 0.2) is 24.3 Å². The van der Waals surface area contributed by atoms with Gasteiger partial charge in [-0.05, 0) is 12.1 Å². The van der Waals surface area contributed by atoms with Crippen molar-refractivity contribution in [3.63, 3.8) is 0 Å². The molecule has 0 saturated carbocycles. The van der Waals surface area contributed by atoms with Crippen molar-refractivity contribution in [2.45, 2.75) is 0 Å². The van der Waals surface area contributed by atoms with E-state index < -0.39 is 22.3 Å². The summed E-state index contributed by atoms with van der Waals surface area (Å²) in [5.41, 5.74) is 10.6. The van der Waals surface area contributed by atoms with Crippen molar-refractivity contribution in [2.24, 2.45) is 11.5 Å². The maximum absolute atomic E-state index is 11.7. The fourth-order valence-corrected chi connectivity index (χ4v) is 2.04. The highest BCUT2D eigenvalue weighted by atomic mass is 32.2. The van der Waals surface area contributed by atoms with Crippen LogP contribution in [0.1, 0.15) is 0 Å². The molecule has 0 spiro atoms. The highest BCUT2D eigenvalue weighted by molar-refractivity contribution is 8.14. The molecule has 0 aromatic heterocycles. The number of rotatable bonds is 6. The van der Waals surface area contributed by atoms with E-state index in [1.807, 2.05) is 0 Å². The van der Waals surface area contributed by atoms with E-state index in [1.165, 1.54) is 0 Å². The first kappa shape index (κ1) is 17.9. The number of nitrogens with two attached hydrogens (primary N) is 2. The minimum Gasteiger partial charge on any atom is -0.361 e. The Hall–Kier alpha value is -2.20. The smallest absolute Gasteiger partial charge is 0.276 e. The van der Waals surface area contributed by atoms with Crippen LogP contribution >= 0.6 is 23.5 Å². The van der Waals surface area contributed by atoms with Crippen molar-refractivity contribution in [1.29, 1.82) is 0 Å². The Morgan fingerprint density at radius 3 is 1.50 bits per heavy atom. The van der Waals surface area contributed by atoms with Crippen LogP contribution in [0, 0.1) is 0 Å². The number of thioether (sulfide) groups is 2. The van der Waals surface area contributed by atoms with Gasteiger partial charge in [0.05, 0.1) is 22.9 Å². The van der Waals surface area contributed by atoms with Crippen molar-refractivity contribution >= 4 is 57.2 Å². The standard InChI is InChI=1S/C12H14N4O4S2/c13-11(19)21-5-9(17)15-7-3-1-2-4-8(7)16-10(18)6-22-12(14)20/h1-4H,5-6H2,(H2,13,19)(H2,14,20)(H,15,17)(H,16,18). The predicted octanol–water partition coefficient (Wildman–Crippen LogP) is 1.19. The molecule has 22 heavy (non-hydrogen) atoms. The van der Waals surface area contributed by atoms with Crippen molar-refractivity contribution in [3.8, 4) is 0 Å². The van der Waals surface area contributed by atoms with Gasteiger partial charge in [-0.1, -0.05) is 35.7 Å². The van der Waals surface area contributed by atoms with Gasteiger partial charge in [0.15, 0.2) is 0 Å². The Morgan fingerprint density at radius 1 is 0.818 bits per heavy atom. The monoisotopic (exact) mass is 342 g/mol. The normalized spacial score (nSPS) is 9.82. The third-order valence-corrected chi connectivity index (χ3v) is 3.55. The zero-order chi connectivity index (χ0) is 16.5. The Bertz CT molecular complexity index is 543. The van der Waals surface area contributed by atoms with Crippen molar-refractivity contribution in [3.05, 3.63) is 24.3 Å². The largest absolute Gasteiger partial charge is 0.361 e. The minimum absolute atomic E-state index is 0.130. The zero-order valence-electron chi connectivity index (χ0n) is 11.3. The van der Waals surface area contributed by atoms with E-state index in [0.717, 1.165) is 0 Å². The maximum Gasteiger partial charge on any atom is 0.276 e. The number of nitrogens with one attached hydrogen (secondary N) is 2. The molecule has 0 aliphatic carbocycles. The Morgan fingerprint density at radius 2 is 1.18 bits per heavy atom. The summed E-state index contributed by atoms with van der Waals surface area (Å²) in [4.78, 5) is 44.5. The number of carbonyl (C=O) groups is 4. The Labute approximate surface area is 134 Å². The number of primary amides is 2. The second-order valence-electron chi connectivity index (χ2n) is 3.86. The molecule has 1 aromatic carbocycles. The van der Waals surface area contributed by atoms with Crippen LogP contribution in [-0.4, -0.2) is 33.8 Å². The molecule has 0 aliphatic rings. The molecule has 6 N–H and O–H groups in total. The van der Waals surface area contributed by atoms with Crippen LogP contribution in [0.2, 0.25) is 0 Å². The van der Waals surface area contributed by atoms with Crippen LogP contribution in [0.5, 0.6) is 0 Å². The number of para-hydroxylation sites is 2. The summed E-state index contributed by atoms with van der Waals surface area (Å²) in [5, 5.41) is 3.81. The van der Waals surface area contributed by atoms with Gasteiger partial charge in [0, 0.05) is 0 Å². The quantitative estimate of drug-likeness (QED) is 0.611. The van der Waals surface area contributed by atoms with Crippen LogP contribution in [0.3, 0.4) is 0 Å². The maximum atomic E-state index is 11.7. The van der Waals surface area contributed by atoms with E-state index in [-0.39, 0.29) is 11.5 Å². The molecule has 0 aliphatic heterocycles. The molecule has 0 bridgehead atoms. The SMILES string of the molecule is NC(=O)SCC(=O)Nc1ccccc1NC(=O)CSC(N)=O. The van der Waals surface area contributed by atoms with Gasteiger partial charge in [0.2, 0.25) is 11.8 Å². The summed E-state index contributed by atoms with van der Waals surface area (Å²) in [6, 6.07) is 6.52. The van der Waals surface area contributed by atoms with Crippen molar-refractivity contribution in [2.75, 3.05) is 22.1 Å². The lowest BCUT2D eigenvalue weighted by Crippen LogP contribution is -2.20. The van der Waals surface area contributed by atoms with E-state index >= 15 is 0 Å². The fraction of sp³-hybridized carbons (Fsp3) is 0.167. The number of carbonyl (C=O) groups excluding carboxylic acids is 4. The minimum atomic E-state index is -0.653. The van der Waals surface area contributed by atoms with Gasteiger partial charge in [-0.3, -0.25) is 19.2 Å². The molecule has 0 radical (unpaired) electrons.